The van der Waals surface area contributed by atoms with Gasteiger partial charge in [-0.25, -0.2) is 0 Å². The number of allylic oxidation sites excluding steroid dienone is 2. The second kappa shape index (κ2) is 23.5. The average molecular weight is 1180 g/mol. The van der Waals surface area contributed by atoms with Crippen molar-refractivity contribution in [3.8, 4) is 44.5 Å². The van der Waals surface area contributed by atoms with Gasteiger partial charge in [0.25, 0.3) is 0 Å². The van der Waals surface area contributed by atoms with E-state index in [1.54, 1.807) is 0 Å². The third-order valence-corrected chi connectivity index (χ3v) is 21.3. The van der Waals surface area contributed by atoms with Gasteiger partial charge in [0.05, 0.1) is 6.04 Å². The van der Waals surface area contributed by atoms with Gasteiger partial charge in [-0.15, -0.1) is 0 Å². The Labute approximate surface area is 542 Å². The molecule has 1 unspecified atom stereocenters. The van der Waals surface area contributed by atoms with E-state index >= 15 is 0 Å². The van der Waals surface area contributed by atoms with Crippen molar-refractivity contribution < 1.29 is 0 Å². The molecule has 444 valence electrons. The second-order valence-corrected chi connectivity index (χ2v) is 26.4. The summed E-state index contributed by atoms with van der Waals surface area (Å²) in [4.78, 5) is 4.98. The Morgan fingerprint density at radius 3 is 1.13 bits per heavy atom. The molecular weight excluding hydrogens is 1110 g/mol. The van der Waals surface area contributed by atoms with Crippen molar-refractivity contribution in [2.75, 3.05) is 9.80 Å². The van der Waals surface area contributed by atoms with Crippen LogP contribution < -0.4 is 9.80 Å². The third kappa shape index (κ3) is 9.70. The van der Waals surface area contributed by atoms with E-state index in [-0.39, 0.29) is 16.9 Å². The molecule has 0 N–H and O–H groups in total. The van der Waals surface area contributed by atoms with Crippen LogP contribution in [0.3, 0.4) is 0 Å². The van der Waals surface area contributed by atoms with Crippen LogP contribution in [0.2, 0.25) is 0 Å². The van der Waals surface area contributed by atoms with Crippen LogP contribution in [0.4, 0.5) is 28.4 Å². The Bertz CT molecular complexity index is 4850. The molecule has 2 spiro atoms. The number of benzene rings is 12. The summed E-state index contributed by atoms with van der Waals surface area (Å²) < 4.78 is 0. The van der Waals surface area contributed by atoms with E-state index < -0.39 is 0 Å². The molecule has 0 aliphatic heterocycles. The summed E-state index contributed by atoms with van der Waals surface area (Å²) in [5, 5.41) is 5.03. The molecule has 2 nitrogen and oxygen atoms in total. The first-order valence-electron chi connectivity index (χ1n) is 33.7. The number of para-hydroxylation sites is 3. The van der Waals surface area contributed by atoms with Crippen molar-refractivity contribution in [2.24, 2.45) is 0 Å². The lowest BCUT2D eigenvalue weighted by Gasteiger charge is -2.37. The van der Waals surface area contributed by atoms with Crippen molar-refractivity contribution in [2.45, 2.75) is 87.5 Å². The molecule has 0 bridgehead atoms. The quantitative estimate of drug-likeness (QED) is 0.0889. The number of rotatable bonds is 12. The Morgan fingerprint density at radius 2 is 0.685 bits per heavy atom. The highest BCUT2D eigenvalue weighted by atomic mass is 15.2. The van der Waals surface area contributed by atoms with Crippen LogP contribution in [-0.2, 0) is 10.8 Å². The predicted octanol–water partition coefficient (Wildman–Crippen LogP) is 24.6. The van der Waals surface area contributed by atoms with E-state index in [0.29, 0.717) is 0 Å². The zero-order valence-corrected chi connectivity index (χ0v) is 52.2. The van der Waals surface area contributed by atoms with Gasteiger partial charge in [-0.05, 0) is 215 Å². The highest BCUT2D eigenvalue weighted by Gasteiger charge is 2.46. The van der Waals surface area contributed by atoms with Crippen LogP contribution in [0.25, 0.3) is 90.4 Å². The Morgan fingerprint density at radius 1 is 0.304 bits per heavy atom. The van der Waals surface area contributed by atoms with Crippen molar-refractivity contribution >= 4 is 74.3 Å². The molecule has 5 aliphatic carbocycles. The topological polar surface area (TPSA) is 6.48 Å². The molecule has 12 aromatic carbocycles. The van der Waals surface area contributed by atoms with Gasteiger partial charge >= 0.3 is 0 Å². The fourth-order valence-electron chi connectivity index (χ4n) is 17.0. The molecule has 92 heavy (non-hydrogen) atoms. The number of nitrogens with zero attached hydrogens (tertiary/aromatic N) is 2. The van der Waals surface area contributed by atoms with E-state index in [9.17, 15) is 0 Å². The van der Waals surface area contributed by atoms with E-state index in [1.807, 2.05) is 0 Å². The molecule has 17 rings (SSSR count). The maximum atomic E-state index is 2.57. The van der Waals surface area contributed by atoms with Crippen LogP contribution in [0.1, 0.15) is 115 Å². The van der Waals surface area contributed by atoms with E-state index in [2.05, 4.69) is 319 Å². The smallest absolute Gasteiger partial charge is 0.0559 e. The van der Waals surface area contributed by atoms with Gasteiger partial charge in [0.1, 0.15) is 0 Å². The molecule has 2 fully saturated rings. The summed E-state index contributed by atoms with van der Waals surface area (Å²) >= 11 is 0. The van der Waals surface area contributed by atoms with Crippen LogP contribution in [0.5, 0.6) is 0 Å². The third-order valence-electron chi connectivity index (χ3n) is 21.3. The molecule has 2 heteroatoms. The summed E-state index contributed by atoms with van der Waals surface area (Å²) in [7, 11) is 0. The standard InChI is InChI=1S/C90H74N2/c1-9-25-67(26-10-1)87-79-49-43-63(37-39-65-41-47-75-77-51-45-73(61-85(77)89(83(75)59-65)53-21-7-22-54-89)91(69-29-13-3-14-30-69)70-31-15-4-16-32-70)57-81(79)82-58-64(44-50-80(82)88(87)68-27-11-2-12-28-68)38-40-66-42-48-76-78-52-46-74(62-86(78)90(84(76)60-66)55-23-8-24-56-90)92(71-33-17-5-18-34-71)72-35-19-6-20-36-72/h1-6,9-20,25-35,37-52,57-62,72H,7-8,21-24,36,53-56H2/b39-37+,40-38+. The molecule has 2 saturated carbocycles. The SMILES string of the molecule is C1=CCC(N(c2ccccc2)c2ccc3c(c2)C2(CCCCC2)c2cc(/C=C/c4ccc5c(-c6ccccc6)c(-c6ccccc6)c6ccc(/C=C/c7ccc8c(c7)C7(CCCCC7)c7cc(N(c9ccccc9)c9ccccc9)ccc7-8)cc6c5c4)ccc2-3)C=C1. The Kier molecular flexibility index (Phi) is 14.2. The minimum atomic E-state index is -0.0229. The van der Waals surface area contributed by atoms with Gasteiger partial charge in [-0.3, -0.25) is 0 Å². The molecular formula is C90H74N2. The molecule has 1 atom stereocenters. The van der Waals surface area contributed by atoms with Crippen molar-refractivity contribution in [1.29, 1.82) is 0 Å². The van der Waals surface area contributed by atoms with Crippen molar-refractivity contribution in [3.63, 3.8) is 0 Å². The monoisotopic (exact) mass is 1180 g/mol. The minimum Gasteiger partial charge on any atom is -0.334 e. The summed E-state index contributed by atoms with van der Waals surface area (Å²) in [6.45, 7) is 0. The fraction of sp³-hybridized carbons (Fsp3) is 0.156. The molecule has 0 saturated heterocycles. The normalized spacial score (nSPS) is 16.5. The minimum absolute atomic E-state index is 0.00497. The molecule has 12 aromatic rings. The van der Waals surface area contributed by atoms with Gasteiger partial charge < -0.3 is 9.80 Å². The highest BCUT2D eigenvalue weighted by molar-refractivity contribution is 6.22. The maximum Gasteiger partial charge on any atom is 0.0559 e. The van der Waals surface area contributed by atoms with Crippen LogP contribution >= 0.6 is 0 Å². The first-order chi connectivity index (χ1) is 45.6. The lowest BCUT2D eigenvalue weighted by Crippen LogP contribution is -2.31. The first-order valence-corrected chi connectivity index (χ1v) is 33.7. The zero-order chi connectivity index (χ0) is 61.0. The molecule has 0 heterocycles. The largest absolute Gasteiger partial charge is 0.334 e. The zero-order valence-electron chi connectivity index (χ0n) is 52.2. The van der Waals surface area contributed by atoms with Gasteiger partial charge in [-0.2, -0.15) is 0 Å². The maximum absolute atomic E-state index is 2.57. The number of anilines is 5. The van der Waals surface area contributed by atoms with Crippen LogP contribution in [0, 0.1) is 0 Å². The summed E-state index contributed by atoms with van der Waals surface area (Å²) in [5.41, 5.74) is 27.5. The summed E-state index contributed by atoms with van der Waals surface area (Å²) in [5.74, 6) is 0. The second-order valence-electron chi connectivity index (χ2n) is 26.4. The number of hydrogen-bond acceptors (Lipinski definition) is 2. The van der Waals surface area contributed by atoms with Gasteiger partial charge in [0.15, 0.2) is 0 Å². The lowest BCUT2D eigenvalue weighted by molar-refractivity contribution is 0.353. The molecule has 0 amide bonds. The van der Waals surface area contributed by atoms with Gasteiger partial charge in [-0.1, -0.05) is 275 Å². The number of hydrogen-bond donors (Lipinski definition) is 0. The molecule has 0 aromatic heterocycles. The van der Waals surface area contributed by atoms with Gasteiger partial charge in [0.2, 0.25) is 0 Å². The summed E-state index contributed by atoms with van der Waals surface area (Å²) in [6, 6.07) is 98.8. The van der Waals surface area contributed by atoms with Gasteiger partial charge in [0, 0.05) is 39.3 Å². The fourth-order valence-corrected chi connectivity index (χ4v) is 17.0. The Hall–Kier alpha value is -10.3. The van der Waals surface area contributed by atoms with Crippen molar-refractivity contribution in [3.05, 3.63) is 330 Å². The van der Waals surface area contributed by atoms with E-state index in [4.69, 9.17) is 0 Å². The molecule has 5 aliphatic rings. The summed E-state index contributed by atoms with van der Waals surface area (Å²) in [6.07, 6.45) is 31.7. The highest BCUT2D eigenvalue weighted by Crippen LogP contribution is 2.59. The van der Waals surface area contributed by atoms with E-state index in [0.717, 1.165) is 6.42 Å². The van der Waals surface area contributed by atoms with Crippen LogP contribution in [0.15, 0.2) is 285 Å². The van der Waals surface area contributed by atoms with Crippen molar-refractivity contribution in [1.82, 2.24) is 0 Å². The first kappa shape index (κ1) is 55.8. The molecule has 0 radical (unpaired) electrons. The predicted molar refractivity (Wildman–Crippen MR) is 392 cm³/mol. The number of fused-ring (bicyclic) bond motifs is 13. The average Bonchev–Trinajstić information content (AvgIpc) is 1.44. The Balaban J connectivity index is 0.741. The van der Waals surface area contributed by atoms with E-state index in [1.165, 1.54) is 203 Å². The van der Waals surface area contributed by atoms with Crippen LogP contribution in [-0.4, -0.2) is 6.04 Å². The lowest BCUT2D eigenvalue weighted by atomic mass is 9.67.